The van der Waals surface area contributed by atoms with E-state index >= 15 is 0 Å². The highest BCUT2D eigenvalue weighted by Crippen LogP contribution is 2.09. The summed E-state index contributed by atoms with van der Waals surface area (Å²) in [6.07, 6.45) is 4.16. The van der Waals surface area contributed by atoms with Gasteiger partial charge in [-0.05, 0) is 27.7 Å². The maximum atomic E-state index is 11.2. The van der Waals surface area contributed by atoms with Crippen LogP contribution in [0.5, 0.6) is 0 Å². The quantitative estimate of drug-likeness (QED) is 0.726. The van der Waals surface area contributed by atoms with Crippen LogP contribution in [-0.2, 0) is 9.53 Å². The number of alkyl carbamates (subject to hydrolysis) is 1. The number of ether oxygens (including phenoxy) is 1. The molecule has 0 heterocycles. The summed E-state index contributed by atoms with van der Waals surface area (Å²) in [7, 11) is 0. The predicted molar refractivity (Wildman–Crippen MR) is 61.5 cm³/mol. The standard InChI is InChI=1S/C10H15NO4.ClH/c1-6-10(5,7(12)13)11-8(14)15-9(2,3)4;/h1H,2-5H3,(H,11,14)(H,12,13);1H/t10-;/m0./s1. The third-order valence-corrected chi connectivity index (χ3v) is 1.47. The lowest BCUT2D eigenvalue weighted by Crippen LogP contribution is -2.52. The molecule has 0 rings (SSSR count). The Morgan fingerprint density at radius 2 is 1.75 bits per heavy atom. The lowest BCUT2D eigenvalue weighted by molar-refractivity contribution is -0.141. The van der Waals surface area contributed by atoms with Gasteiger partial charge in [0, 0.05) is 0 Å². The highest BCUT2D eigenvalue weighted by Gasteiger charge is 2.34. The summed E-state index contributed by atoms with van der Waals surface area (Å²) in [5, 5.41) is 10.9. The Hall–Kier alpha value is -1.41. The first-order chi connectivity index (χ1) is 6.60. The summed E-state index contributed by atoms with van der Waals surface area (Å²) in [6.45, 7) is 6.21. The SMILES string of the molecule is C#C[C@](C)(NC(=O)OC(C)(C)C)C(=O)O.Cl. The first-order valence-corrected chi connectivity index (χ1v) is 4.33. The first kappa shape index (κ1) is 17.0. The van der Waals surface area contributed by atoms with Crippen LogP contribution in [0.25, 0.3) is 0 Å². The van der Waals surface area contributed by atoms with Crippen LogP contribution in [0.2, 0.25) is 0 Å². The molecule has 0 aromatic carbocycles. The molecule has 0 saturated carbocycles. The van der Waals surface area contributed by atoms with E-state index in [1.807, 2.05) is 5.92 Å². The van der Waals surface area contributed by atoms with Crippen LogP contribution >= 0.6 is 12.4 Å². The number of amides is 1. The molecule has 1 atom stereocenters. The van der Waals surface area contributed by atoms with Crippen molar-refractivity contribution in [2.24, 2.45) is 0 Å². The molecule has 0 aliphatic carbocycles. The molecule has 0 bridgehead atoms. The average molecular weight is 250 g/mol. The topological polar surface area (TPSA) is 75.6 Å². The zero-order valence-electron chi connectivity index (χ0n) is 9.66. The van der Waals surface area contributed by atoms with Crippen LogP contribution in [0, 0.1) is 12.3 Å². The normalized spacial score (nSPS) is 13.7. The van der Waals surface area contributed by atoms with Crippen molar-refractivity contribution >= 4 is 24.5 Å². The Balaban J connectivity index is 0. The van der Waals surface area contributed by atoms with Crippen LogP contribution in [0.1, 0.15) is 27.7 Å². The lowest BCUT2D eigenvalue weighted by atomic mass is 10.1. The second-order valence-corrected chi connectivity index (χ2v) is 4.20. The minimum absolute atomic E-state index is 0. The van der Waals surface area contributed by atoms with Gasteiger partial charge in [-0.15, -0.1) is 18.8 Å². The van der Waals surface area contributed by atoms with Crippen LogP contribution in [0.15, 0.2) is 0 Å². The molecular formula is C10H16ClNO4. The molecule has 0 aromatic heterocycles. The number of carboxylic acid groups (broad SMARTS) is 1. The molecule has 0 saturated heterocycles. The number of aliphatic carboxylic acids is 1. The minimum atomic E-state index is -1.75. The maximum absolute atomic E-state index is 11.2. The summed E-state index contributed by atoms with van der Waals surface area (Å²) in [5.74, 6) is 0.674. The van der Waals surface area contributed by atoms with E-state index in [0.717, 1.165) is 0 Å². The molecule has 92 valence electrons. The summed E-state index contributed by atoms with van der Waals surface area (Å²) in [4.78, 5) is 22.0. The summed E-state index contributed by atoms with van der Waals surface area (Å²) < 4.78 is 4.88. The van der Waals surface area contributed by atoms with Crippen LogP contribution in [-0.4, -0.2) is 28.3 Å². The van der Waals surface area contributed by atoms with Gasteiger partial charge in [-0.1, -0.05) is 5.92 Å². The largest absolute Gasteiger partial charge is 0.479 e. The molecule has 0 unspecified atom stereocenters. The number of carbonyl (C=O) groups is 2. The van der Waals surface area contributed by atoms with Crippen molar-refractivity contribution in [1.29, 1.82) is 0 Å². The highest BCUT2D eigenvalue weighted by atomic mass is 35.5. The molecule has 6 heteroatoms. The van der Waals surface area contributed by atoms with Gasteiger partial charge in [0.1, 0.15) is 5.60 Å². The van der Waals surface area contributed by atoms with Crippen LogP contribution in [0.3, 0.4) is 0 Å². The third kappa shape index (κ3) is 5.47. The van der Waals surface area contributed by atoms with E-state index in [1.54, 1.807) is 20.8 Å². The van der Waals surface area contributed by atoms with Gasteiger partial charge in [0.2, 0.25) is 0 Å². The van der Waals surface area contributed by atoms with Crippen LogP contribution in [0.4, 0.5) is 4.79 Å². The Morgan fingerprint density at radius 1 is 1.31 bits per heavy atom. The Bertz CT molecular complexity index is 316. The molecule has 0 aromatic rings. The van der Waals surface area contributed by atoms with Gasteiger partial charge in [-0.2, -0.15) is 0 Å². The molecule has 0 aliphatic heterocycles. The Morgan fingerprint density at radius 3 is 2.00 bits per heavy atom. The smallest absolute Gasteiger partial charge is 0.409 e. The number of halogens is 1. The van der Waals surface area contributed by atoms with E-state index in [9.17, 15) is 9.59 Å². The minimum Gasteiger partial charge on any atom is -0.479 e. The predicted octanol–water partition coefficient (Wildman–Crippen LogP) is 1.41. The molecule has 16 heavy (non-hydrogen) atoms. The molecular weight excluding hydrogens is 234 g/mol. The monoisotopic (exact) mass is 249 g/mol. The molecule has 0 fully saturated rings. The number of rotatable bonds is 2. The number of terminal acetylenes is 1. The van der Waals surface area contributed by atoms with Crippen molar-refractivity contribution in [3.63, 3.8) is 0 Å². The lowest BCUT2D eigenvalue weighted by Gasteiger charge is -2.24. The van der Waals surface area contributed by atoms with Crippen molar-refractivity contribution < 1.29 is 19.4 Å². The van der Waals surface area contributed by atoms with Crippen molar-refractivity contribution in [3.05, 3.63) is 0 Å². The van der Waals surface area contributed by atoms with Gasteiger partial charge in [0.25, 0.3) is 0 Å². The highest BCUT2D eigenvalue weighted by molar-refractivity contribution is 5.87. The van der Waals surface area contributed by atoms with Gasteiger partial charge < -0.3 is 9.84 Å². The summed E-state index contributed by atoms with van der Waals surface area (Å²) in [6, 6.07) is 0. The second kappa shape index (κ2) is 5.61. The van der Waals surface area contributed by atoms with Gasteiger partial charge in [0.15, 0.2) is 5.54 Å². The second-order valence-electron chi connectivity index (χ2n) is 4.20. The molecule has 0 radical (unpaired) electrons. The fourth-order valence-corrected chi connectivity index (χ4v) is 0.659. The van der Waals surface area contributed by atoms with Gasteiger partial charge in [-0.25, -0.2) is 9.59 Å². The molecule has 1 amide bonds. The number of carboxylic acids is 1. The van der Waals surface area contributed by atoms with Gasteiger partial charge in [0.05, 0.1) is 0 Å². The average Bonchev–Trinajstić information content (AvgIpc) is 1.99. The van der Waals surface area contributed by atoms with Crippen molar-refractivity contribution in [2.75, 3.05) is 0 Å². The zero-order valence-corrected chi connectivity index (χ0v) is 10.5. The fraction of sp³-hybridized carbons (Fsp3) is 0.600. The molecule has 2 N–H and O–H groups in total. The zero-order chi connectivity index (χ0) is 12.3. The van der Waals surface area contributed by atoms with Crippen molar-refractivity contribution in [1.82, 2.24) is 5.32 Å². The van der Waals surface area contributed by atoms with Crippen LogP contribution < -0.4 is 5.32 Å². The first-order valence-electron chi connectivity index (χ1n) is 4.33. The van der Waals surface area contributed by atoms with Crippen molar-refractivity contribution in [3.8, 4) is 12.3 Å². The van der Waals surface area contributed by atoms with Crippen molar-refractivity contribution in [2.45, 2.75) is 38.8 Å². The molecule has 0 aliphatic rings. The van der Waals surface area contributed by atoms with E-state index in [1.165, 1.54) is 6.92 Å². The summed E-state index contributed by atoms with van der Waals surface area (Å²) in [5.41, 5.74) is -2.44. The fourth-order valence-electron chi connectivity index (χ4n) is 0.659. The molecule has 0 spiro atoms. The van der Waals surface area contributed by atoms with E-state index in [4.69, 9.17) is 16.3 Å². The van der Waals surface area contributed by atoms with E-state index in [2.05, 4.69) is 5.32 Å². The van der Waals surface area contributed by atoms with E-state index in [-0.39, 0.29) is 12.4 Å². The number of hydrogen-bond acceptors (Lipinski definition) is 3. The number of nitrogens with one attached hydrogen (secondary N) is 1. The third-order valence-electron chi connectivity index (χ3n) is 1.47. The summed E-state index contributed by atoms with van der Waals surface area (Å²) >= 11 is 0. The Labute approximate surface area is 101 Å². The number of hydrogen-bond donors (Lipinski definition) is 2. The van der Waals surface area contributed by atoms with Gasteiger partial charge in [-0.3, -0.25) is 5.32 Å². The van der Waals surface area contributed by atoms with E-state index < -0.39 is 23.2 Å². The number of carbonyl (C=O) groups excluding carboxylic acids is 1. The van der Waals surface area contributed by atoms with E-state index in [0.29, 0.717) is 0 Å². The molecule has 5 nitrogen and oxygen atoms in total. The Kier molecular flexibility index (Phi) is 5.96. The van der Waals surface area contributed by atoms with Gasteiger partial charge >= 0.3 is 12.1 Å². The maximum Gasteiger partial charge on any atom is 0.409 e.